The maximum atomic E-state index is 13.5. The minimum Gasteiger partial charge on any atom is -0.453 e. The number of pyridine rings is 1. The van der Waals surface area contributed by atoms with Gasteiger partial charge in [0.1, 0.15) is 0 Å². The lowest BCUT2D eigenvalue weighted by Crippen LogP contribution is -2.47. The number of hydrogen-bond donors (Lipinski definition) is 4. The molecule has 1 aliphatic heterocycles. The molecule has 1 fully saturated rings. The van der Waals surface area contributed by atoms with Crippen molar-refractivity contribution in [2.24, 2.45) is 5.92 Å². The predicted octanol–water partition coefficient (Wildman–Crippen LogP) is 4.78. The average Bonchev–Trinajstić information content (AvgIpc) is 3.81. The largest absolute Gasteiger partial charge is 0.453 e. The third-order valence-electron chi connectivity index (χ3n) is 7.74. The van der Waals surface area contributed by atoms with Crippen LogP contribution in [0.5, 0.6) is 0 Å². The average molecular weight is 543 g/mol. The van der Waals surface area contributed by atoms with E-state index in [-0.39, 0.29) is 23.8 Å². The number of hydrogen-bond acceptors (Lipinski definition) is 5. The van der Waals surface area contributed by atoms with Crippen LogP contribution in [0.15, 0.2) is 54.7 Å². The van der Waals surface area contributed by atoms with Gasteiger partial charge in [-0.1, -0.05) is 25.5 Å². The van der Waals surface area contributed by atoms with Gasteiger partial charge in [0.05, 0.1) is 31.1 Å². The second kappa shape index (κ2) is 11.9. The van der Waals surface area contributed by atoms with Gasteiger partial charge < -0.3 is 21.1 Å². The molecular weight excluding hydrogens is 506 g/mol. The highest BCUT2D eigenvalue weighted by Gasteiger charge is 2.28. The first kappa shape index (κ1) is 27.3. The minimum atomic E-state index is -0.595. The molecule has 0 spiro atoms. The molecule has 6 N–H and O–H groups in total. The van der Waals surface area contributed by atoms with Crippen molar-refractivity contribution in [3.05, 3.63) is 77.1 Å². The molecule has 2 aromatic carbocycles. The zero-order chi connectivity index (χ0) is 28.2. The third kappa shape index (κ3) is 6.15. The highest BCUT2D eigenvalue weighted by molar-refractivity contribution is 5.98. The van der Waals surface area contributed by atoms with E-state index in [9.17, 15) is 14.4 Å². The molecule has 2 aliphatic rings. The lowest BCUT2D eigenvalue weighted by molar-refractivity contribution is -0.386. The zero-order valence-corrected chi connectivity index (χ0v) is 23.0. The summed E-state index contributed by atoms with van der Waals surface area (Å²) in [5.74, 6) is 0.0419. The standard InChI is InChI=1S/C31H35N5O4/c1-18-4-3-5-26(35-30(38)21-8-9-22(17-32)25(14-21)19-6-7-19)28-15-20(12-13-33-28)24-11-10-23(34-31(39)40-2)16-27(24)36-29(18)37/h8-16,18-19,26H,3-7,17,32H2,1-2H3,(H,34,39)(H,35,38)(H,36,37)/p+1/t18-,26-/m0/s1. The van der Waals surface area contributed by atoms with Gasteiger partial charge in [-0.05, 0) is 79.1 Å². The Morgan fingerprint density at radius 1 is 1.07 bits per heavy atom. The van der Waals surface area contributed by atoms with Gasteiger partial charge >= 0.3 is 6.09 Å². The lowest BCUT2D eigenvalue weighted by Gasteiger charge is -2.22. The molecule has 1 saturated carbocycles. The molecule has 40 heavy (non-hydrogen) atoms. The number of methoxy groups -OCH3 is 1. The molecule has 2 heterocycles. The molecule has 9 nitrogen and oxygen atoms in total. The van der Waals surface area contributed by atoms with Crippen molar-refractivity contribution in [2.75, 3.05) is 17.7 Å². The van der Waals surface area contributed by atoms with Crippen LogP contribution < -0.4 is 21.7 Å². The van der Waals surface area contributed by atoms with E-state index in [0.29, 0.717) is 42.2 Å². The number of rotatable bonds is 5. The number of carbonyl (C=O) groups is 3. The number of anilines is 2. The van der Waals surface area contributed by atoms with Crippen molar-refractivity contribution < 1.29 is 24.9 Å². The van der Waals surface area contributed by atoms with E-state index in [1.807, 2.05) is 43.3 Å². The van der Waals surface area contributed by atoms with Gasteiger partial charge in [-0.3, -0.25) is 19.9 Å². The molecule has 0 unspecified atom stereocenters. The Balaban J connectivity index is 1.47. The van der Waals surface area contributed by atoms with Crippen molar-refractivity contribution in [3.8, 4) is 11.1 Å². The van der Waals surface area contributed by atoms with E-state index in [4.69, 9.17) is 4.74 Å². The summed E-state index contributed by atoms with van der Waals surface area (Å²) < 4.78 is 4.71. The van der Waals surface area contributed by atoms with E-state index in [2.05, 4.69) is 26.7 Å². The van der Waals surface area contributed by atoms with Crippen LogP contribution in [0.2, 0.25) is 0 Å². The van der Waals surface area contributed by atoms with Gasteiger partial charge in [0.15, 0.2) is 0 Å². The molecule has 3 amide bonds. The van der Waals surface area contributed by atoms with Gasteiger partial charge in [0.25, 0.3) is 5.91 Å². The SMILES string of the molecule is COC(=O)Nc1ccc2c(c1)NC(=O)[C@@H](C)CCC[C@H](NC(=O)c1ccc(C[NH3+])c(C3CC3)c1)c1cc-2ccn1. The van der Waals surface area contributed by atoms with E-state index in [1.54, 1.807) is 18.3 Å². The molecule has 1 aromatic heterocycles. The van der Waals surface area contributed by atoms with Gasteiger partial charge in [0, 0.05) is 34.5 Å². The second-order valence-corrected chi connectivity index (χ2v) is 10.6. The molecule has 9 heteroatoms. The molecular formula is C31H36N5O4+. The molecule has 0 saturated heterocycles. The Bertz CT molecular complexity index is 1430. The smallest absolute Gasteiger partial charge is 0.411 e. The first-order chi connectivity index (χ1) is 19.4. The van der Waals surface area contributed by atoms with Crippen molar-refractivity contribution in [2.45, 2.75) is 57.5 Å². The molecule has 5 rings (SSSR count). The fourth-order valence-corrected chi connectivity index (χ4v) is 5.24. The summed E-state index contributed by atoms with van der Waals surface area (Å²) in [5, 5.41) is 8.92. The number of ether oxygens (including phenoxy) is 1. The van der Waals surface area contributed by atoms with E-state index in [1.165, 1.54) is 18.2 Å². The topological polar surface area (TPSA) is 137 Å². The Kier molecular flexibility index (Phi) is 8.11. The van der Waals surface area contributed by atoms with Crippen LogP contribution in [0.4, 0.5) is 16.2 Å². The number of fused-ring (bicyclic) bond motifs is 4. The Morgan fingerprint density at radius 2 is 1.90 bits per heavy atom. The molecule has 1 aliphatic carbocycles. The molecule has 208 valence electrons. The summed E-state index contributed by atoms with van der Waals surface area (Å²) in [6, 6.07) is 14.7. The maximum absolute atomic E-state index is 13.5. The van der Waals surface area contributed by atoms with Crippen molar-refractivity contribution in [1.29, 1.82) is 0 Å². The van der Waals surface area contributed by atoms with Crippen LogP contribution in [0.1, 0.15) is 78.2 Å². The predicted molar refractivity (Wildman–Crippen MR) is 153 cm³/mol. The van der Waals surface area contributed by atoms with Crippen LogP contribution in [-0.2, 0) is 16.1 Å². The van der Waals surface area contributed by atoms with Crippen LogP contribution in [-0.4, -0.2) is 30.0 Å². The Hall–Kier alpha value is -4.24. The highest BCUT2D eigenvalue weighted by Crippen LogP contribution is 2.42. The first-order valence-corrected chi connectivity index (χ1v) is 13.9. The van der Waals surface area contributed by atoms with E-state index in [0.717, 1.165) is 36.1 Å². The van der Waals surface area contributed by atoms with Crippen LogP contribution >= 0.6 is 0 Å². The van der Waals surface area contributed by atoms with Crippen LogP contribution in [0.3, 0.4) is 0 Å². The third-order valence-corrected chi connectivity index (χ3v) is 7.74. The van der Waals surface area contributed by atoms with Gasteiger partial charge in [0.2, 0.25) is 5.91 Å². The highest BCUT2D eigenvalue weighted by atomic mass is 16.5. The van der Waals surface area contributed by atoms with Crippen LogP contribution in [0, 0.1) is 5.92 Å². The molecule has 2 bridgehead atoms. The second-order valence-electron chi connectivity index (χ2n) is 10.6. The monoisotopic (exact) mass is 542 g/mol. The number of nitrogens with zero attached hydrogens (tertiary/aromatic N) is 1. The normalized spacial score (nSPS) is 18.8. The van der Waals surface area contributed by atoms with Crippen molar-refractivity contribution >= 4 is 29.3 Å². The summed E-state index contributed by atoms with van der Waals surface area (Å²) in [6.07, 6.45) is 5.48. The summed E-state index contributed by atoms with van der Waals surface area (Å²) in [5.41, 5.74) is 10.6. The summed E-state index contributed by atoms with van der Waals surface area (Å²) >= 11 is 0. The summed E-state index contributed by atoms with van der Waals surface area (Å²) in [4.78, 5) is 43.0. The van der Waals surface area contributed by atoms with Gasteiger partial charge in [-0.2, -0.15) is 0 Å². The van der Waals surface area contributed by atoms with Gasteiger partial charge in [-0.15, -0.1) is 0 Å². The fraction of sp³-hybridized carbons (Fsp3) is 0.355. The number of amides is 3. The summed E-state index contributed by atoms with van der Waals surface area (Å²) in [6.45, 7) is 2.60. The molecule has 2 atom stereocenters. The first-order valence-electron chi connectivity index (χ1n) is 13.9. The van der Waals surface area contributed by atoms with Crippen LogP contribution in [0.25, 0.3) is 11.1 Å². The molecule has 0 radical (unpaired) electrons. The molecule has 3 aromatic rings. The van der Waals surface area contributed by atoms with E-state index >= 15 is 0 Å². The maximum Gasteiger partial charge on any atom is 0.411 e. The number of aromatic nitrogens is 1. The number of benzene rings is 2. The Labute approximate surface area is 233 Å². The zero-order valence-electron chi connectivity index (χ0n) is 23.0. The van der Waals surface area contributed by atoms with Crippen molar-refractivity contribution in [1.82, 2.24) is 10.3 Å². The quantitative estimate of drug-likeness (QED) is 0.368. The minimum absolute atomic E-state index is 0.106. The fourth-order valence-electron chi connectivity index (χ4n) is 5.24. The number of carbonyl (C=O) groups excluding carboxylic acids is 3. The number of nitrogens with one attached hydrogen (secondary N) is 3. The van der Waals surface area contributed by atoms with E-state index < -0.39 is 6.09 Å². The summed E-state index contributed by atoms with van der Waals surface area (Å²) in [7, 11) is 1.30. The van der Waals surface area contributed by atoms with Gasteiger partial charge in [-0.25, -0.2) is 4.79 Å². The number of quaternary nitrogens is 1. The van der Waals surface area contributed by atoms with Crippen molar-refractivity contribution in [3.63, 3.8) is 0 Å². The lowest BCUT2D eigenvalue weighted by atomic mass is 9.95. The Morgan fingerprint density at radius 3 is 2.65 bits per heavy atom.